The van der Waals surface area contributed by atoms with E-state index in [9.17, 15) is 0 Å². The van der Waals surface area contributed by atoms with E-state index in [0.717, 1.165) is 29.4 Å². The summed E-state index contributed by atoms with van der Waals surface area (Å²) in [6, 6.07) is 1.98. The molecule has 0 fully saturated rings. The van der Waals surface area contributed by atoms with Gasteiger partial charge in [0.15, 0.2) is 17.3 Å². The van der Waals surface area contributed by atoms with Crippen molar-refractivity contribution in [2.24, 2.45) is 0 Å². The Morgan fingerprint density at radius 1 is 1.22 bits per heavy atom. The standard InChI is InChI=1S/C15H21N7O/c1-6-21-13(16-9-17-21)8-23-14-11(15(3,4)5)7-12-19-18-10(2)22(12)20-14/h7,9H,6,8H2,1-5H3. The van der Waals surface area contributed by atoms with Gasteiger partial charge in [0.1, 0.15) is 12.9 Å². The maximum atomic E-state index is 5.97. The molecule has 0 spiro atoms. The minimum absolute atomic E-state index is 0.123. The number of hydrogen-bond acceptors (Lipinski definition) is 6. The Kier molecular flexibility index (Phi) is 3.75. The van der Waals surface area contributed by atoms with Gasteiger partial charge >= 0.3 is 0 Å². The Balaban J connectivity index is 1.99. The van der Waals surface area contributed by atoms with E-state index in [1.807, 2.05) is 19.9 Å². The van der Waals surface area contributed by atoms with Crippen molar-refractivity contribution < 1.29 is 4.74 Å². The number of ether oxygens (including phenoxy) is 1. The number of rotatable bonds is 4. The lowest BCUT2D eigenvalue weighted by Crippen LogP contribution is -2.17. The van der Waals surface area contributed by atoms with E-state index in [0.29, 0.717) is 12.5 Å². The van der Waals surface area contributed by atoms with Crippen molar-refractivity contribution in [2.45, 2.75) is 53.2 Å². The third-order valence-corrected chi connectivity index (χ3v) is 3.66. The van der Waals surface area contributed by atoms with Crippen LogP contribution in [0.25, 0.3) is 5.65 Å². The second kappa shape index (κ2) is 5.60. The molecule has 0 N–H and O–H groups in total. The van der Waals surface area contributed by atoms with Crippen LogP contribution in [0, 0.1) is 6.92 Å². The van der Waals surface area contributed by atoms with Gasteiger partial charge < -0.3 is 4.74 Å². The molecule has 0 aromatic carbocycles. The van der Waals surface area contributed by atoms with E-state index in [1.165, 1.54) is 6.33 Å². The molecule has 0 saturated heterocycles. The van der Waals surface area contributed by atoms with E-state index >= 15 is 0 Å². The second-order valence-electron chi connectivity index (χ2n) is 6.41. The summed E-state index contributed by atoms with van der Waals surface area (Å²) in [6.45, 7) is 11.3. The minimum atomic E-state index is -0.123. The topological polar surface area (TPSA) is 83.0 Å². The van der Waals surface area contributed by atoms with Gasteiger partial charge in [-0.3, -0.25) is 0 Å². The quantitative estimate of drug-likeness (QED) is 0.731. The monoisotopic (exact) mass is 315 g/mol. The molecule has 122 valence electrons. The van der Waals surface area contributed by atoms with Crippen LogP contribution in [0.2, 0.25) is 0 Å². The van der Waals surface area contributed by atoms with Crippen LogP contribution in [0.4, 0.5) is 0 Å². The van der Waals surface area contributed by atoms with Crippen LogP contribution < -0.4 is 4.74 Å². The van der Waals surface area contributed by atoms with Gasteiger partial charge in [-0.1, -0.05) is 20.8 Å². The fraction of sp³-hybridized carbons (Fsp3) is 0.533. The summed E-state index contributed by atoms with van der Waals surface area (Å²) >= 11 is 0. The van der Waals surface area contributed by atoms with Crippen molar-refractivity contribution in [3.8, 4) is 5.88 Å². The highest BCUT2D eigenvalue weighted by atomic mass is 16.5. The maximum absolute atomic E-state index is 5.97. The number of aromatic nitrogens is 7. The van der Waals surface area contributed by atoms with Gasteiger partial charge in [-0.15, -0.1) is 15.3 Å². The summed E-state index contributed by atoms with van der Waals surface area (Å²) in [5.41, 5.74) is 1.58. The van der Waals surface area contributed by atoms with Gasteiger partial charge in [0.25, 0.3) is 0 Å². The van der Waals surface area contributed by atoms with Crippen molar-refractivity contribution in [2.75, 3.05) is 0 Å². The van der Waals surface area contributed by atoms with Crippen molar-refractivity contribution in [3.63, 3.8) is 0 Å². The smallest absolute Gasteiger partial charge is 0.236 e. The third-order valence-electron chi connectivity index (χ3n) is 3.66. The molecule has 0 saturated carbocycles. The lowest BCUT2D eigenvalue weighted by atomic mass is 9.88. The summed E-state index contributed by atoms with van der Waals surface area (Å²) < 4.78 is 9.47. The average Bonchev–Trinajstić information content (AvgIpc) is 3.10. The molecule has 3 aromatic rings. The SMILES string of the molecule is CCn1ncnc1COc1nn2c(C)nnc2cc1C(C)(C)C. The van der Waals surface area contributed by atoms with Gasteiger partial charge in [-0.05, 0) is 25.3 Å². The highest BCUT2D eigenvalue weighted by Gasteiger charge is 2.23. The van der Waals surface area contributed by atoms with Gasteiger partial charge in [-0.25, -0.2) is 9.67 Å². The molecule has 8 nitrogen and oxygen atoms in total. The predicted molar refractivity (Wildman–Crippen MR) is 84.2 cm³/mol. The molecule has 3 aromatic heterocycles. The fourth-order valence-corrected chi connectivity index (χ4v) is 2.36. The van der Waals surface area contributed by atoms with Crippen molar-refractivity contribution in [1.82, 2.24) is 34.6 Å². The van der Waals surface area contributed by atoms with Crippen LogP contribution in [0.1, 0.15) is 44.9 Å². The van der Waals surface area contributed by atoms with Crippen molar-refractivity contribution >= 4 is 5.65 Å². The predicted octanol–water partition coefficient (Wildman–Crippen LogP) is 1.92. The van der Waals surface area contributed by atoms with Gasteiger partial charge in [0, 0.05) is 12.1 Å². The molecule has 0 unspecified atom stereocenters. The highest BCUT2D eigenvalue weighted by Crippen LogP contribution is 2.30. The lowest BCUT2D eigenvalue weighted by molar-refractivity contribution is 0.264. The summed E-state index contributed by atoms with van der Waals surface area (Å²) in [5.74, 6) is 2.07. The first-order valence-corrected chi connectivity index (χ1v) is 7.63. The Bertz CT molecular complexity index is 828. The third kappa shape index (κ3) is 2.88. The van der Waals surface area contributed by atoms with Crippen LogP contribution in [0.15, 0.2) is 12.4 Å². The van der Waals surface area contributed by atoms with Crippen LogP contribution in [0.3, 0.4) is 0 Å². The molecule has 0 aliphatic carbocycles. The van der Waals surface area contributed by atoms with Crippen LogP contribution in [-0.4, -0.2) is 34.6 Å². The molecule has 3 rings (SSSR count). The number of aryl methyl sites for hydroxylation is 2. The zero-order valence-electron chi connectivity index (χ0n) is 14.1. The molecule has 0 amide bonds. The van der Waals surface area contributed by atoms with Gasteiger partial charge in [0.2, 0.25) is 5.88 Å². The summed E-state index contributed by atoms with van der Waals surface area (Å²) in [4.78, 5) is 4.23. The highest BCUT2D eigenvalue weighted by molar-refractivity contribution is 5.46. The molecular weight excluding hydrogens is 294 g/mol. The Morgan fingerprint density at radius 3 is 2.70 bits per heavy atom. The first-order valence-electron chi connectivity index (χ1n) is 7.63. The largest absolute Gasteiger partial charge is 0.468 e. The molecule has 0 radical (unpaired) electrons. The molecule has 0 bridgehead atoms. The van der Waals surface area contributed by atoms with Gasteiger partial charge in [-0.2, -0.15) is 9.61 Å². The van der Waals surface area contributed by atoms with E-state index in [1.54, 1.807) is 9.20 Å². The Hall–Kier alpha value is -2.51. The molecular formula is C15H21N7O. The fourth-order valence-electron chi connectivity index (χ4n) is 2.36. The maximum Gasteiger partial charge on any atom is 0.236 e. The lowest BCUT2D eigenvalue weighted by Gasteiger charge is -2.21. The molecule has 0 aliphatic rings. The van der Waals surface area contributed by atoms with Crippen LogP contribution in [0.5, 0.6) is 5.88 Å². The first-order chi connectivity index (χ1) is 10.9. The molecule has 3 heterocycles. The normalized spacial score (nSPS) is 12.0. The number of hydrogen-bond donors (Lipinski definition) is 0. The summed E-state index contributed by atoms with van der Waals surface area (Å²) in [6.07, 6.45) is 1.54. The van der Waals surface area contributed by atoms with Gasteiger partial charge in [0.05, 0.1) is 0 Å². The Labute approximate surface area is 134 Å². The molecule has 23 heavy (non-hydrogen) atoms. The van der Waals surface area contributed by atoms with E-state index < -0.39 is 0 Å². The van der Waals surface area contributed by atoms with E-state index in [2.05, 4.69) is 46.1 Å². The number of fused-ring (bicyclic) bond motifs is 1. The Morgan fingerprint density at radius 2 is 2.00 bits per heavy atom. The van der Waals surface area contributed by atoms with Crippen LogP contribution >= 0.6 is 0 Å². The van der Waals surface area contributed by atoms with E-state index in [4.69, 9.17) is 4.74 Å². The summed E-state index contributed by atoms with van der Waals surface area (Å²) in [7, 11) is 0. The number of nitrogens with zero attached hydrogens (tertiary/aromatic N) is 7. The zero-order valence-corrected chi connectivity index (χ0v) is 14.1. The molecule has 8 heteroatoms. The average molecular weight is 315 g/mol. The van der Waals surface area contributed by atoms with Crippen molar-refractivity contribution in [3.05, 3.63) is 29.6 Å². The molecule has 0 aliphatic heterocycles. The van der Waals surface area contributed by atoms with Crippen molar-refractivity contribution in [1.29, 1.82) is 0 Å². The minimum Gasteiger partial charge on any atom is -0.468 e. The van der Waals surface area contributed by atoms with Crippen LogP contribution in [-0.2, 0) is 18.6 Å². The molecule has 0 atom stereocenters. The first kappa shape index (κ1) is 15.4. The van der Waals surface area contributed by atoms with E-state index in [-0.39, 0.29) is 5.41 Å². The second-order valence-corrected chi connectivity index (χ2v) is 6.41. The zero-order chi connectivity index (χ0) is 16.6. The summed E-state index contributed by atoms with van der Waals surface area (Å²) in [5, 5.41) is 16.9.